The zero-order valence-corrected chi connectivity index (χ0v) is 16.9. The maximum atomic E-state index is 12.8. The van der Waals surface area contributed by atoms with Gasteiger partial charge in [0.15, 0.2) is 11.8 Å². The standard InChI is InChI=1S/C19H27F2N5O3/c1-4-10-27-15-7-6-14(16(11-15)28-18(20)21)12-24-19(22-5-2)23-9-8-17-25-13(3)26-29-17/h6-7,11,18H,4-5,8-10,12H2,1-3H3,(H2,22,23,24). The van der Waals surface area contributed by atoms with Crippen LogP contribution in [0.1, 0.15) is 37.5 Å². The van der Waals surface area contributed by atoms with Crippen molar-refractivity contribution in [3.05, 3.63) is 35.5 Å². The quantitative estimate of drug-likeness (QED) is 0.433. The van der Waals surface area contributed by atoms with Crippen molar-refractivity contribution in [2.24, 2.45) is 4.99 Å². The number of alkyl halides is 2. The molecule has 160 valence electrons. The van der Waals surface area contributed by atoms with Crippen LogP contribution >= 0.6 is 0 Å². The number of guanidine groups is 1. The number of hydrogen-bond acceptors (Lipinski definition) is 6. The molecule has 2 N–H and O–H groups in total. The highest BCUT2D eigenvalue weighted by Crippen LogP contribution is 2.27. The number of aryl methyl sites for hydroxylation is 1. The van der Waals surface area contributed by atoms with Crippen LogP contribution in [0.5, 0.6) is 11.5 Å². The lowest BCUT2D eigenvalue weighted by molar-refractivity contribution is -0.0505. The molecule has 29 heavy (non-hydrogen) atoms. The smallest absolute Gasteiger partial charge is 0.387 e. The molecule has 1 heterocycles. The lowest BCUT2D eigenvalue weighted by Gasteiger charge is -2.14. The molecule has 0 unspecified atom stereocenters. The molecular weight excluding hydrogens is 384 g/mol. The number of nitrogens with one attached hydrogen (secondary N) is 2. The van der Waals surface area contributed by atoms with Crippen molar-refractivity contribution in [1.82, 2.24) is 20.8 Å². The van der Waals surface area contributed by atoms with E-state index in [0.29, 0.717) is 55.1 Å². The minimum Gasteiger partial charge on any atom is -0.493 e. The van der Waals surface area contributed by atoms with Crippen molar-refractivity contribution in [3.8, 4) is 11.5 Å². The SMILES string of the molecule is CCCOc1ccc(CN=C(NCC)NCCc2nc(C)no2)c(OC(F)F)c1. The zero-order chi connectivity index (χ0) is 21.1. The summed E-state index contributed by atoms with van der Waals surface area (Å²) >= 11 is 0. The molecular formula is C19H27F2N5O3. The molecule has 0 amide bonds. The van der Waals surface area contributed by atoms with E-state index in [1.807, 2.05) is 13.8 Å². The maximum Gasteiger partial charge on any atom is 0.387 e. The fraction of sp³-hybridized carbons (Fsp3) is 0.526. The van der Waals surface area contributed by atoms with E-state index in [0.717, 1.165) is 6.42 Å². The molecule has 1 aromatic heterocycles. The highest BCUT2D eigenvalue weighted by molar-refractivity contribution is 5.79. The Morgan fingerprint density at radius 2 is 2.10 bits per heavy atom. The summed E-state index contributed by atoms with van der Waals surface area (Å²) < 4.78 is 40.8. The van der Waals surface area contributed by atoms with Crippen molar-refractivity contribution < 1.29 is 22.8 Å². The number of nitrogens with zero attached hydrogens (tertiary/aromatic N) is 3. The average molecular weight is 411 g/mol. The van der Waals surface area contributed by atoms with E-state index in [1.54, 1.807) is 19.1 Å². The van der Waals surface area contributed by atoms with Gasteiger partial charge >= 0.3 is 6.61 Å². The minimum absolute atomic E-state index is 0.0505. The van der Waals surface area contributed by atoms with Gasteiger partial charge in [-0.15, -0.1) is 0 Å². The Hall–Kier alpha value is -2.91. The summed E-state index contributed by atoms with van der Waals surface area (Å²) in [7, 11) is 0. The predicted molar refractivity (Wildman–Crippen MR) is 104 cm³/mol. The van der Waals surface area contributed by atoms with E-state index < -0.39 is 6.61 Å². The monoisotopic (exact) mass is 411 g/mol. The van der Waals surface area contributed by atoms with Crippen molar-refractivity contribution in [3.63, 3.8) is 0 Å². The van der Waals surface area contributed by atoms with Gasteiger partial charge in [-0.3, -0.25) is 0 Å². The van der Waals surface area contributed by atoms with Gasteiger partial charge in [-0.1, -0.05) is 12.1 Å². The number of rotatable bonds is 11. The Morgan fingerprint density at radius 3 is 2.76 bits per heavy atom. The summed E-state index contributed by atoms with van der Waals surface area (Å²) in [6.07, 6.45) is 1.35. The van der Waals surface area contributed by atoms with Crippen molar-refractivity contribution >= 4 is 5.96 Å². The Labute approximate surface area is 168 Å². The van der Waals surface area contributed by atoms with Crippen LogP contribution in [0.15, 0.2) is 27.7 Å². The molecule has 0 radical (unpaired) electrons. The zero-order valence-electron chi connectivity index (χ0n) is 16.9. The Kier molecular flexibility index (Phi) is 9.13. The molecule has 0 aliphatic heterocycles. The summed E-state index contributed by atoms with van der Waals surface area (Å²) in [6, 6.07) is 4.86. The number of hydrogen-bond donors (Lipinski definition) is 2. The predicted octanol–water partition coefficient (Wildman–Crippen LogP) is 3.07. The Bertz CT molecular complexity index is 783. The van der Waals surface area contributed by atoms with Crippen LogP contribution in [0.4, 0.5) is 8.78 Å². The van der Waals surface area contributed by atoms with E-state index in [2.05, 4.69) is 30.5 Å². The highest BCUT2D eigenvalue weighted by atomic mass is 19.3. The van der Waals surface area contributed by atoms with Crippen LogP contribution in [-0.2, 0) is 13.0 Å². The second-order valence-electron chi connectivity index (χ2n) is 6.10. The van der Waals surface area contributed by atoms with Crippen LogP contribution in [0.3, 0.4) is 0 Å². The molecule has 0 aliphatic rings. The van der Waals surface area contributed by atoms with E-state index in [-0.39, 0.29) is 12.3 Å². The van der Waals surface area contributed by atoms with E-state index in [4.69, 9.17) is 9.26 Å². The Balaban J connectivity index is 2.03. The second-order valence-corrected chi connectivity index (χ2v) is 6.10. The second kappa shape index (κ2) is 11.8. The lowest BCUT2D eigenvalue weighted by Crippen LogP contribution is -2.38. The minimum atomic E-state index is -2.93. The van der Waals surface area contributed by atoms with E-state index in [1.165, 1.54) is 6.07 Å². The highest BCUT2D eigenvalue weighted by Gasteiger charge is 2.12. The molecule has 2 rings (SSSR count). The number of ether oxygens (including phenoxy) is 2. The molecule has 0 atom stereocenters. The first-order valence-electron chi connectivity index (χ1n) is 9.53. The third-order valence-electron chi connectivity index (χ3n) is 3.68. The van der Waals surface area contributed by atoms with Gasteiger partial charge in [0, 0.05) is 31.1 Å². The van der Waals surface area contributed by atoms with Gasteiger partial charge in [0.05, 0.1) is 13.2 Å². The lowest BCUT2D eigenvalue weighted by atomic mass is 10.2. The molecule has 10 heteroatoms. The molecule has 2 aromatic rings. The topological polar surface area (TPSA) is 93.8 Å². The van der Waals surface area contributed by atoms with Gasteiger partial charge in [-0.2, -0.15) is 13.8 Å². The molecule has 0 spiro atoms. The molecule has 0 fully saturated rings. The summed E-state index contributed by atoms with van der Waals surface area (Å²) in [5, 5.41) is 9.99. The van der Waals surface area contributed by atoms with Gasteiger partial charge < -0.3 is 24.6 Å². The first kappa shape index (κ1) is 22.4. The van der Waals surface area contributed by atoms with Crippen LogP contribution in [0.25, 0.3) is 0 Å². The van der Waals surface area contributed by atoms with Crippen molar-refractivity contribution in [1.29, 1.82) is 0 Å². The number of aromatic nitrogens is 2. The van der Waals surface area contributed by atoms with Crippen molar-refractivity contribution in [2.75, 3.05) is 19.7 Å². The van der Waals surface area contributed by atoms with Gasteiger partial charge in [0.2, 0.25) is 5.89 Å². The summed E-state index contributed by atoms with van der Waals surface area (Å²) in [4.78, 5) is 8.58. The largest absolute Gasteiger partial charge is 0.493 e. The van der Waals surface area contributed by atoms with Crippen molar-refractivity contribution in [2.45, 2.75) is 46.8 Å². The molecule has 1 aromatic carbocycles. The van der Waals surface area contributed by atoms with Crippen LogP contribution in [0.2, 0.25) is 0 Å². The Morgan fingerprint density at radius 1 is 1.28 bits per heavy atom. The fourth-order valence-corrected chi connectivity index (χ4v) is 2.42. The summed E-state index contributed by atoms with van der Waals surface area (Å²) in [6.45, 7) is 4.56. The van der Waals surface area contributed by atoms with Gasteiger partial charge in [-0.05, 0) is 32.4 Å². The molecule has 0 saturated carbocycles. The molecule has 0 aliphatic carbocycles. The van der Waals surface area contributed by atoms with E-state index in [9.17, 15) is 8.78 Å². The third kappa shape index (κ3) is 7.92. The first-order chi connectivity index (χ1) is 14.0. The van der Waals surface area contributed by atoms with Gasteiger partial charge in [0.1, 0.15) is 11.5 Å². The number of halogens is 2. The fourth-order valence-electron chi connectivity index (χ4n) is 2.42. The van der Waals surface area contributed by atoms with Gasteiger partial charge in [-0.25, -0.2) is 4.99 Å². The first-order valence-corrected chi connectivity index (χ1v) is 9.53. The summed E-state index contributed by atoms with van der Waals surface area (Å²) in [5.41, 5.74) is 0.527. The molecule has 8 nitrogen and oxygen atoms in total. The van der Waals surface area contributed by atoms with E-state index >= 15 is 0 Å². The molecule has 0 bridgehead atoms. The summed E-state index contributed by atoms with van der Waals surface area (Å²) in [5.74, 6) is 2.18. The van der Waals surface area contributed by atoms with Crippen LogP contribution < -0.4 is 20.1 Å². The van der Waals surface area contributed by atoms with Crippen LogP contribution in [0, 0.1) is 6.92 Å². The molecule has 0 saturated heterocycles. The number of aliphatic imine (C=N–C) groups is 1. The third-order valence-corrected chi connectivity index (χ3v) is 3.68. The average Bonchev–Trinajstić information content (AvgIpc) is 3.10. The van der Waals surface area contributed by atoms with Gasteiger partial charge in [0.25, 0.3) is 0 Å². The normalized spacial score (nSPS) is 11.6. The maximum absolute atomic E-state index is 12.8. The van der Waals surface area contributed by atoms with Crippen LogP contribution in [-0.4, -0.2) is 42.4 Å². The number of benzene rings is 1.